The molecule has 0 bridgehead atoms. The monoisotopic (exact) mass is 293 g/mol. The van der Waals surface area contributed by atoms with Gasteiger partial charge in [-0.15, -0.1) is 0 Å². The van der Waals surface area contributed by atoms with Gasteiger partial charge in [-0.25, -0.2) is 4.98 Å². The average molecular weight is 293 g/mol. The summed E-state index contributed by atoms with van der Waals surface area (Å²) in [5, 5.41) is -0.526. The van der Waals surface area contributed by atoms with Gasteiger partial charge in [0.2, 0.25) is 0 Å². The largest absolute Gasteiger partial charge is 0.398 e. The van der Waals surface area contributed by atoms with Gasteiger partial charge in [0.1, 0.15) is 11.6 Å². The number of aromatic nitrogens is 2. The van der Waals surface area contributed by atoms with Gasteiger partial charge >= 0.3 is 0 Å². The van der Waals surface area contributed by atoms with E-state index >= 15 is 0 Å². The van der Waals surface area contributed by atoms with Crippen LogP contribution in [-0.4, -0.2) is 21.1 Å². The molecule has 6 nitrogen and oxygen atoms in total. The summed E-state index contributed by atoms with van der Waals surface area (Å²) in [6.07, 6.45) is -5.63. The summed E-state index contributed by atoms with van der Waals surface area (Å²) in [5.41, 5.74) is 3.60. The normalized spacial score (nSPS) is 30.7. The molecule has 3 rings (SSSR count). The van der Waals surface area contributed by atoms with Crippen molar-refractivity contribution in [3.63, 3.8) is 0 Å². The van der Waals surface area contributed by atoms with Gasteiger partial charge < -0.3 is 5.73 Å². The zero-order valence-corrected chi connectivity index (χ0v) is 10.6. The van der Waals surface area contributed by atoms with Crippen LogP contribution >= 0.6 is 0 Å². The highest BCUT2D eigenvalue weighted by Crippen LogP contribution is 2.24. The Morgan fingerprint density at radius 3 is 3.05 bits per heavy atom. The molecule has 0 radical (unpaired) electrons. The lowest BCUT2D eigenvalue weighted by Crippen LogP contribution is -2.36. The Kier molecular flexibility index (Phi) is 1.59. The second-order valence-electron chi connectivity index (χ2n) is 4.48. The van der Waals surface area contributed by atoms with Crippen molar-refractivity contribution in [1.29, 1.82) is 0 Å². The van der Waals surface area contributed by atoms with Crippen molar-refractivity contribution in [2.24, 2.45) is 0 Å². The van der Waals surface area contributed by atoms with Crippen LogP contribution in [0.25, 0.3) is 10.9 Å². The van der Waals surface area contributed by atoms with Gasteiger partial charge in [-0.1, -0.05) is 6.04 Å². The first-order chi connectivity index (χ1) is 13.3. The van der Waals surface area contributed by atoms with Gasteiger partial charge in [-0.2, -0.15) is 0 Å². The van der Waals surface area contributed by atoms with Crippen molar-refractivity contribution < 1.29 is 20.6 Å². The molecule has 1 saturated carbocycles. The van der Waals surface area contributed by atoms with E-state index in [0.29, 0.717) is 4.57 Å². The first kappa shape index (κ1) is 6.98. The maximum atomic E-state index is 13.2. The molecule has 2 atom stereocenters. The van der Waals surface area contributed by atoms with E-state index in [0.717, 1.165) is 0 Å². The topological polar surface area (TPSA) is 95.0 Å². The van der Waals surface area contributed by atoms with Crippen molar-refractivity contribution in [2.75, 3.05) is 5.73 Å². The molecule has 2 N–H and O–H groups in total. The van der Waals surface area contributed by atoms with E-state index in [-0.39, 0.29) is 0 Å². The van der Waals surface area contributed by atoms with Crippen molar-refractivity contribution >= 4 is 28.2 Å². The van der Waals surface area contributed by atoms with Gasteiger partial charge in [0.15, 0.2) is 5.78 Å². The molecule has 0 spiro atoms. The van der Waals surface area contributed by atoms with Crippen LogP contribution in [-0.2, 0) is 9.59 Å². The molecule has 6 heteroatoms. The van der Waals surface area contributed by atoms with Gasteiger partial charge in [0.25, 0.3) is 5.56 Å². The quantitative estimate of drug-likeness (QED) is 0.628. The third-order valence-corrected chi connectivity index (χ3v) is 3.10. The number of ketones is 2. The Hall–Kier alpha value is -2.50. The highest BCUT2D eigenvalue weighted by molar-refractivity contribution is 6.03. The standard InChI is InChI=1S/C15H15N3O3/c1-8-17-11-4-2-3-10(16)14(11)15(21)18(8)12-6-5-9(19)7-13(12)20/h2-4,12H,5-7,16H2,1H3/i1D2,2D,3D,4D,5D,6D2. The molecule has 2 unspecified atom stereocenters. The first-order valence-corrected chi connectivity index (χ1v) is 5.95. The zero-order valence-electron chi connectivity index (χ0n) is 18.6. The van der Waals surface area contributed by atoms with E-state index in [2.05, 4.69) is 4.98 Å². The fourth-order valence-corrected chi connectivity index (χ4v) is 2.16. The van der Waals surface area contributed by atoms with E-state index < -0.39 is 89.8 Å². The fraction of sp³-hybridized carbons (Fsp3) is 0.333. The lowest BCUT2D eigenvalue weighted by molar-refractivity contribution is -0.132. The van der Waals surface area contributed by atoms with Crippen LogP contribution in [0.15, 0.2) is 22.9 Å². The number of hydrogen-bond acceptors (Lipinski definition) is 5. The highest BCUT2D eigenvalue weighted by atomic mass is 16.2. The van der Waals surface area contributed by atoms with E-state index in [9.17, 15) is 14.4 Å². The molecule has 0 aliphatic heterocycles. The number of carbonyl (C=O) groups is 2. The summed E-state index contributed by atoms with van der Waals surface area (Å²) < 4.78 is 63.2. The summed E-state index contributed by atoms with van der Waals surface area (Å²) in [4.78, 5) is 41.4. The maximum Gasteiger partial charge on any atom is 0.264 e. The summed E-state index contributed by atoms with van der Waals surface area (Å²) in [6, 6.07) is -3.92. The summed E-state index contributed by atoms with van der Waals surface area (Å²) >= 11 is 0. The van der Waals surface area contributed by atoms with Crippen molar-refractivity contribution in [1.82, 2.24) is 9.55 Å². The van der Waals surface area contributed by atoms with E-state index in [1.807, 2.05) is 0 Å². The molecule has 0 saturated heterocycles. The number of nitrogens with zero attached hydrogens (tertiary/aromatic N) is 2. The third kappa shape index (κ3) is 2.12. The highest BCUT2D eigenvalue weighted by Gasteiger charge is 2.30. The van der Waals surface area contributed by atoms with Crippen molar-refractivity contribution in [3.8, 4) is 0 Å². The van der Waals surface area contributed by atoms with Crippen LogP contribution < -0.4 is 11.3 Å². The number of aryl methyl sites for hydroxylation is 1. The number of anilines is 1. The number of Topliss-reactive ketones (excluding diaryl/α,β-unsaturated/α-hetero) is 2. The van der Waals surface area contributed by atoms with Gasteiger partial charge in [0.05, 0.1) is 27.5 Å². The van der Waals surface area contributed by atoms with Crippen LogP contribution in [0, 0.1) is 6.88 Å². The summed E-state index contributed by atoms with van der Waals surface area (Å²) in [6.45, 7) is -2.00. The first-order valence-electron chi connectivity index (χ1n) is 10.2. The van der Waals surface area contributed by atoms with Crippen molar-refractivity contribution in [2.45, 2.75) is 32.1 Å². The summed E-state index contributed by atoms with van der Waals surface area (Å²) in [7, 11) is 0. The smallest absolute Gasteiger partial charge is 0.264 e. The van der Waals surface area contributed by atoms with Gasteiger partial charge in [-0.3, -0.25) is 19.0 Å². The second kappa shape index (κ2) is 4.80. The Balaban J connectivity index is 2.49. The maximum absolute atomic E-state index is 13.2. The lowest BCUT2D eigenvalue weighted by Gasteiger charge is -2.24. The molecule has 1 aromatic heterocycles. The number of fused-ring (bicyclic) bond motifs is 1. The number of carbonyl (C=O) groups excluding carboxylic acids is 2. The van der Waals surface area contributed by atoms with E-state index in [4.69, 9.17) is 16.7 Å². The van der Waals surface area contributed by atoms with Crippen molar-refractivity contribution in [3.05, 3.63) is 34.3 Å². The molecule has 1 aromatic carbocycles. The van der Waals surface area contributed by atoms with Gasteiger partial charge in [-0.05, 0) is 25.3 Å². The Labute approximate surface area is 131 Å². The van der Waals surface area contributed by atoms with Crippen LogP contribution in [0.5, 0.6) is 0 Å². The minimum absolute atomic E-state index is 0.433. The second-order valence-corrected chi connectivity index (χ2v) is 4.48. The molecule has 2 aromatic rings. The molecular weight excluding hydrogens is 270 g/mol. The Morgan fingerprint density at radius 1 is 1.48 bits per heavy atom. The van der Waals surface area contributed by atoms with Crippen LogP contribution in [0.2, 0.25) is 0 Å². The lowest BCUT2D eigenvalue weighted by atomic mass is 9.92. The number of hydrogen-bond donors (Lipinski definition) is 1. The molecule has 1 fully saturated rings. The number of benzene rings is 1. The molecule has 1 aliphatic rings. The molecule has 1 aliphatic carbocycles. The average Bonchev–Trinajstić information content (AvgIpc) is 2.63. The fourth-order valence-electron chi connectivity index (χ4n) is 2.16. The van der Waals surface area contributed by atoms with E-state index in [1.54, 1.807) is 0 Å². The van der Waals surface area contributed by atoms with Crippen LogP contribution in [0.4, 0.5) is 5.69 Å². The molecule has 0 amide bonds. The Bertz CT molecular complexity index is 1130. The summed E-state index contributed by atoms with van der Waals surface area (Å²) in [5.74, 6) is -2.69. The zero-order chi connectivity index (χ0) is 22.0. The number of nitrogens with two attached hydrogens (primary N) is 1. The minimum atomic E-state index is -2.84. The minimum Gasteiger partial charge on any atom is -0.398 e. The molecule has 21 heavy (non-hydrogen) atoms. The van der Waals surface area contributed by atoms with Gasteiger partial charge in [0, 0.05) is 18.9 Å². The predicted molar refractivity (Wildman–Crippen MR) is 78.1 cm³/mol. The SMILES string of the molecule is [2H]c1c([2H])c(N)c2c(=O)n(C3C(=O)CC(=O)C([2H])C3([2H])[2H])c(C([2H])[2H])nc2c1[2H]. The van der Waals surface area contributed by atoms with Crippen LogP contribution in [0.1, 0.15) is 42.0 Å². The molecule has 108 valence electrons. The van der Waals surface area contributed by atoms with Crippen LogP contribution in [0.3, 0.4) is 0 Å². The van der Waals surface area contributed by atoms with E-state index in [1.165, 1.54) is 0 Å². The molecular formula is C15H15N3O3. The third-order valence-electron chi connectivity index (χ3n) is 3.10. The molecule has 1 heterocycles. The number of nitrogen functional groups attached to an aromatic ring is 1. The predicted octanol–water partition coefficient (Wildman–Crippen LogP) is 1.15. The number of rotatable bonds is 1. The Morgan fingerprint density at radius 2 is 2.29 bits per heavy atom.